The van der Waals surface area contributed by atoms with Crippen LogP contribution in [0.4, 0.5) is 0 Å². The lowest BCUT2D eigenvalue weighted by atomic mass is 9.89. The number of carbonyl (C=O) groups excluding carboxylic acids is 2. The first kappa shape index (κ1) is 22.4. The second kappa shape index (κ2) is 11.1. The molecular formula is C24H30O3. The Kier molecular flexibility index (Phi) is 9.21. The zero-order chi connectivity index (χ0) is 20.4. The molecule has 0 radical (unpaired) electrons. The molecule has 0 unspecified atom stereocenters. The van der Waals surface area contributed by atoms with E-state index < -0.39 is 0 Å². The van der Waals surface area contributed by atoms with Gasteiger partial charge in [0.2, 0.25) is 0 Å². The van der Waals surface area contributed by atoms with Gasteiger partial charge >= 0.3 is 5.97 Å². The van der Waals surface area contributed by atoms with Crippen molar-refractivity contribution in [3.63, 3.8) is 0 Å². The fourth-order valence-corrected chi connectivity index (χ4v) is 2.94. The third-order valence-corrected chi connectivity index (χ3v) is 4.26. The summed E-state index contributed by atoms with van der Waals surface area (Å²) in [6.07, 6.45) is 9.86. The van der Waals surface area contributed by atoms with Gasteiger partial charge in [0.15, 0.2) is 5.78 Å². The summed E-state index contributed by atoms with van der Waals surface area (Å²) in [5.74, 6) is -0.321. The van der Waals surface area contributed by atoms with Crippen molar-refractivity contribution < 1.29 is 14.3 Å². The lowest BCUT2D eigenvalue weighted by Crippen LogP contribution is -2.03. The minimum absolute atomic E-state index is 0.0290. The van der Waals surface area contributed by atoms with Crippen molar-refractivity contribution in [2.75, 3.05) is 7.11 Å². The van der Waals surface area contributed by atoms with Crippen LogP contribution < -0.4 is 0 Å². The average molecular weight is 367 g/mol. The zero-order valence-corrected chi connectivity index (χ0v) is 17.3. The van der Waals surface area contributed by atoms with Gasteiger partial charge in [-0.3, -0.25) is 4.79 Å². The molecule has 3 nitrogen and oxygen atoms in total. The molecule has 0 aliphatic rings. The minimum atomic E-state index is -0.350. The van der Waals surface area contributed by atoms with Crippen LogP contribution in [0.5, 0.6) is 0 Å². The van der Waals surface area contributed by atoms with Crippen molar-refractivity contribution in [2.45, 2.75) is 47.5 Å². The Hall–Kier alpha value is -2.68. The molecule has 0 aromatic heterocycles. The SMILES string of the molecule is C\C=C/C(CCC)=C(\C=C(/C)C(=O)OC)C(=C\C)/c1cccc(C(C)=O)c1. The maximum atomic E-state index is 12.0. The molecule has 0 saturated carbocycles. The topological polar surface area (TPSA) is 43.4 Å². The molecule has 0 amide bonds. The molecule has 1 aromatic carbocycles. The zero-order valence-electron chi connectivity index (χ0n) is 17.3. The summed E-state index contributed by atoms with van der Waals surface area (Å²) in [6, 6.07) is 7.59. The molecular weight excluding hydrogens is 336 g/mol. The summed E-state index contributed by atoms with van der Waals surface area (Å²) < 4.78 is 4.87. The quantitative estimate of drug-likeness (QED) is 0.242. The average Bonchev–Trinajstić information content (AvgIpc) is 2.67. The van der Waals surface area contributed by atoms with Gasteiger partial charge in [0.25, 0.3) is 0 Å². The molecule has 0 aliphatic heterocycles. The van der Waals surface area contributed by atoms with E-state index in [4.69, 9.17) is 4.74 Å². The summed E-state index contributed by atoms with van der Waals surface area (Å²) in [7, 11) is 1.38. The van der Waals surface area contributed by atoms with Gasteiger partial charge in [-0.15, -0.1) is 0 Å². The van der Waals surface area contributed by atoms with E-state index in [0.29, 0.717) is 11.1 Å². The van der Waals surface area contributed by atoms with E-state index >= 15 is 0 Å². The van der Waals surface area contributed by atoms with Crippen molar-refractivity contribution in [1.29, 1.82) is 0 Å². The molecule has 0 saturated heterocycles. The highest BCUT2D eigenvalue weighted by Gasteiger charge is 2.14. The predicted molar refractivity (Wildman–Crippen MR) is 113 cm³/mol. The number of rotatable bonds is 8. The largest absolute Gasteiger partial charge is 0.466 e. The van der Waals surface area contributed by atoms with Crippen LogP contribution >= 0.6 is 0 Å². The number of ether oxygens (including phenoxy) is 1. The number of esters is 1. The lowest BCUT2D eigenvalue weighted by molar-refractivity contribution is -0.136. The Morgan fingerprint density at radius 2 is 1.78 bits per heavy atom. The molecule has 1 rings (SSSR count). The Labute approximate surface area is 163 Å². The lowest BCUT2D eigenvalue weighted by Gasteiger charge is -2.15. The van der Waals surface area contributed by atoms with Crippen molar-refractivity contribution in [3.05, 3.63) is 76.4 Å². The van der Waals surface area contributed by atoms with E-state index in [2.05, 4.69) is 13.0 Å². The van der Waals surface area contributed by atoms with Gasteiger partial charge in [0, 0.05) is 11.1 Å². The summed E-state index contributed by atoms with van der Waals surface area (Å²) in [5.41, 5.74) is 5.26. The van der Waals surface area contributed by atoms with Crippen LogP contribution in [0.2, 0.25) is 0 Å². The number of hydrogen-bond donors (Lipinski definition) is 0. The molecule has 3 heteroatoms. The Morgan fingerprint density at radius 3 is 2.30 bits per heavy atom. The molecule has 0 spiro atoms. The van der Waals surface area contributed by atoms with Gasteiger partial charge in [-0.1, -0.05) is 49.8 Å². The van der Waals surface area contributed by atoms with Gasteiger partial charge in [-0.2, -0.15) is 0 Å². The molecule has 0 bridgehead atoms. The number of hydrogen-bond acceptors (Lipinski definition) is 3. The molecule has 1 aromatic rings. The summed E-state index contributed by atoms with van der Waals surface area (Å²) in [4.78, 5) is 23.8. The van der Waals surface area contributed by atoms with Crippen LogP contribution in [0, 0.1) is 0 Å². The number of methoxy groups -OCH3 is 1. The molecule has 144 valence electrons. The highest BCUT2D eigenvalue weighted by Crippen LogP contribution is 2.31. The molecule has 0 fully saturated rings. The van der Waals surface area contributed by atoms with E-state index in [1.165, 1.54) is 7.11 Å². The highest BCUT2D eigenvalue weighted by molar-refractivity contribution is 5.96. The van der Waals surface area contributed by atoms with Gasteiger partial charge < -0.3 is 4.74 Å². The Balaban J connectivity index is 3.70. The first-order chi connectivity index (χ1) is 12.9. The second-order valence-electron chi connectivity index (χ2n) is 6.35. The van der Waals surface area contributed by atoms with Crippen LogP contribution in [-0.4, -0.2) is 18.9 Å². The minimum Gasteiger partial charge on any atom is -0.466 e. The van der Waals surface area contributed by atoms with Crippen molar-refractivity contribution in [1.82, 2.24) is 0 Å². The third kappa shape index (κ3) is 6.21. The van der Waals surface area contributed by atoms with E-state index in [-0.39, 0.29) is 11.8 Å². The summed E-state index contributed by atoms with van der Waals surface area (Å²) in [6.45, 7) is 9.40. The van der Waals surface area contributed by atoms with Crippen LogP contribution in [-0.2, 0) is 9.53 Å². The Bertz CT molecular complexity index is 805. The van der Waals surface area contributed by atoms with Crippen molar-refractivity contribution >= 4 is 17.3 Å². The molecule has 0 heterocycles. The maximum absolute atomic E-state index is 12.0. The van der Waals surface area contributed by atoms with Crippen molar-refractivity contribution in [3.8, 4) is 0 Å². The van der Waals surface area contributed by atoms with Crippen molar-refractivity contribution in [2.24, 2.45) is 0 Å². The number of ketones is 1. The standard InChI is InChI=1S/C24H30O3/c1-7-11-19(12-8-2)23(15-17(4)24(26)27-6)22(9-3)21-14-10-13-20(16-21)18(5)25/h7,9-11,13-16H,8,12H2,1-6H3/b11-7-,17-15+,22-9-,23-19-. The molecule has 0 atom stereocenters. The van der Waals surface area contributed by atoms with Crippen LogP contribution in [0.25, 0.3) is 5.57 Å². The summed E-state index contributed by atoms with van der Waals surface area (Å²) in [5, 5.41) is 0. The number of Topliss-reactive ketones (excluding diaryl/α,β-unsaturated/α-hetero) is 1. The molecule has 0 aliphatic carbocycles. The first-order valence-electron chi connectivity index (χ1n) is 9.30. The fourth-order valence-electron chi connectivity index (χ4n) is 2.94. The van der Waals surface area contributed by atoms with E-state index in [1.807, 2.05) is 56.3 Å². The van der Waals surface area contributed by atoms with Gasteiger partial charge in [0.1, 0.15) is 0 Å². The summed E-state index contributed by atoms with van der Waals surface area (Å²) >= 11 is 0. The van der Waals surface area contributed by atoms with Crippen LogP contribution in [0.3, 0.4) is 0 Å². The fraction of sp³-hybridized carbons (Fsp3) is 0.333. The second-order valence-corrected chi connectivity index (χ2v) is 6.35. The molecule has 0 N–H and O–H groups in total. The number of carbonyl (C=O) groups is 2. The van der Waals surface area contributed by atoms with E-state index in [1.54, 1.807) is 13.8 Å². The van der Waals surface area contributed by atoms with Crippen LogP contribution in [0.1, 0.15) is 63.4 Å². The van der Waals surface area contributed by atoms with Gasteiger partial charge in [0.05, 0.1) is 7.11 Å². The maximum Gasteiger partial charge on any atom is 0.333 e. The number of allylic oxidation sites excluding steroid dienone is 7. The molecule has 27 heavy (non-hydrogen) atoms. The van der Waals surface area contributed by atoms with Gasteiger partial charge in [-0.25, -0.2) is 4.79 Å². The van der Waals surface area contributed by atoms with Gasteiger partial charge in [-0.05, 0) is 68.5 Å². The number of benzene rings is 1. The smallest absolute Gasteiger partial charge is 0.333 e. The highest BCUT2D eigenvalue weighted by atomic mass is 16.5. The van der Waals surface area contributed by atoms with Crippen LogP contribution in [0.15, 0.2) is 65.3 Å². The van der Waals surface area contributed by atoms with E-state index in [9.17, 15) is 9.59 Å². The van der Waals surface area contributed by atoms with E-state index in [0.717, 1.165) is 35.1 Å². The Morgan fingerprint density at radius 1 is 1.11 bits per heavy atom. The monoisotopic (exact) mass is 366 g/mol. The first-order valence-corrected chi connectivity index (χ1v) is 9.30. The predicted octanol–water partition coefficient (Wildman–Crippen LogP) is 6.08. The third-order valence-electron chi connectivity index (χ3n) is 4.26. The normalized spacial score (nSPS) is 13.6.